The molecule has 3 heteroatoms. The molecule has 0 saturated heterocycles. The first-order chi connectivity index (χ1) is 4.33. The van der Waals surface area contributed by atoms with Gasteiger partial charge in [0.05, 0.1) is 0 Å². The second-order valence-corrected chi connectivity index (χ2v) is 4.17. The minimum atomic E-state index is 0. The Morgan fingerprint density at radius 2 is 1.36 bits per heavy atom. The van der Waals surface area contributed by atoms with Crippen molar-refractivity contribution in [1.29, 1.82) is 0 Å². The second kappa shape index (κ2) is 30.1. The van der Waals surface area contributed by atoms with E-state index in [1.165, 1.54) is 17.0 Å². The molecule has 0 radical (unpaired) electrons. The molecule has 0 atom stereocenters. The average Bonchev–Trinajstić information content (AvgIpc) is 1.91. The molecular weight excluding hydrogens is 165 g/mol. The molecule has 0 heterocycles. The molecule has 0 bridgehead atoms. The summed E-state index contributed by atoms with van der Waals surface area (Å²) in [5.41, 5.74) is 0. The largest absolute Gasteiger partial charge is 1.00 e. The van der Waals surface area contributed by atoms with Crippen LogP contribution in [0.5, 0.6) is 0 Å². The number of unbranched alkanes of at least 4 members (excludes halogenated alkanes) is 1. The predicted octanol–water partition coefficient (Wildman–Crippen LogP) is -2.80. The molecular formula is C8H19AlClLi. The second-order valence-electron chi connectivity index (χ2n) is 1.96. The fourth-order valence-electron chi connectivity index (χ4n) is 0.289. The molecule has 0 amide bonds. The Bertz CT molecular complexity index is 33.3. The van der Waals surface area contributed by atoms with Gasteiger partial charge in [0.1, 0.15) is 0 Å². The monoisotopic (exact) mass is 184 g/mol. The van der Waals surface area contributed by atoms with Crippen LogP contribution in [-0.2, 0) is 0 Å². The Labute approximate surface area is 97.2 Å². The van der Waals surface area contributed by atoms with Gasteiger partial charge in [0.25, 0.3) is 0 Å². The average molecular weight is 185 g/mol. The first-order valence-electron chi connectivity index (χ1n) is 3.94. The quantitative estimate of drug-likeness (QED) is 0.328. The summed E-state index contributed by atoms with van der Waals surface area (Å²) in [5.74, 6) is 0. The van der Waals surface area contributed by atoms with Gasteiger partial charge in [-0.2, -0.15) is 6.42 Å². The van der Waals surface area contributed by atoms with Gasteiger partial charge in [-0.3, -0.25) is 0 Å². The van der Waals surface area contributed by atoms with Crippen LogP contribution in [0.15, 0.2) is 0 Å². The van der Waals surface area contributed by atoms with E-state index in [1.54, 1.807) is 0 Å². The van der Waals surface area contributed by atoms with Gasteiger partial charge in [-0.15, -0.1) is 0 Å². The normalized spacial score (nSPS) is 5.82. The Morgan fingerprint density at radius 1 is 1.09 bits per heavy atom. The van der Waals surface area contributed by atoms with Gasteiger partial charge in [-0.25, -0.2) is 0 Å². The van der Waals surface area contributed by atoms with Gasteiger partial charge < -0.3 is 19.3 Å². The summed E-state index contributed by atoms with van der Waals surface area (Å²) >= 11 is 0.815. The third-order valence-corrected chi connectivity index (χ3v) is 2.09. The molecule has 0 aliphatic carbocycles. The molecule has 0 aromatic carbocycles. The molecule has 0 nitrogen and oxygen atoms in total. The van der Waals surface area contributed by atoms with E-state index >= 15 is 0 Å². The topological polar surface area (TPSA) is 0 Å². The standard InChI is InChI=1S/C4H9.2C2H5.Al.ClH.Li/c1-3-4-2;2*1-2;;;/h1,3-4H2,2H3;2*1H2,2H3;;1H;/q-1;;;+1;;+1/p-1. The summed E-state index contributed by atoms with van der Waals surface area (Å²) in [6.45, 7) is 10.2. The summed E-state index contributed by atoms with van der Waals surface area (Å²) in [5, 5.41) is 2.85. The van der Waals surface area contributed by atoms with Crippen LogP contribution >= 0.6 is 0 Å². The molecule has 0 saturated carbocycles. The Hall–Kier alpha value is 1.42. The minimum Gasteiger partial charge on any atom is -1.00 e. The van der Waals surface area contributed by atoms with Crippen LogP contribution in [0.1, 0.15) is 33.6 Å². The number of hydrogen-bond donors (Lipinski definition) is 0. The van der Waals surface area contributed by atoms with Gasteiger partial charge in [0.2, 0.25) is 0 Å². The smallest absolute Gasteiger partial charge is 1.00 e. The zero-order valence-corrected chi connectivity index (χ0v) is 10.4. The van der Waals surface area contributed by atoms with Gasteiger partial charge in [0, 0.05) is 0 Å². The number of halogens is 1. The molecule has 0 N–H and O–H groups in total. The summed E-state index contributed by atoms with van der Waals surface area (Å²) in [6, 6.07) is 0. The van der Waals surface area contributed by atoms with Crippen LogP contribution in [0.25, 0.3) is 0 Å². The van der Waals surface area contributed by atoms with Crippen molar-refractivity contribution >= 4 is 15.2 Å². The van der Waals surface area contributed by atoms with Gasteiger partial charge in [-0.1, -0.05) is 13.3 Å². The van der Waals surface area contributed by atoms with Crippen LogP contribution in [0.4, 0.5) is 0 Å². The van der Waals surface area contributed by atoms with E-state index < -0.39 is 0 Å². The van der Waals surface area contributed by atoms with E-state index in [4.69, 9.17) is 0 Å². The summed E-state index contributed by atoms with van der Waals surface area (Å²) < 4.78 is 0. The van der Waals surface area contributed by atoms with Crippen LogP contribution in [0.3, 0.4) is 0 Å². The molecule has 11 heavy (non-hydrogen) atoms. The Morgan fingerprint density at radius 3 is 1.36 bits per heavy atom. The molecule has 0 unspecified atom stereocenters. The van der Waals surface area contributed by atoms with E-state index in [2.05, 4.69) is 27.7 Å². The maximum Gasteiger partial charge on any atom is 1.00 e. The van der Waals surface area contributed by atoms with E-state index in [0.717, 1.165) is 21.6 Å². The first-order valence-corrected chi connectivity index (χ1v) is 5.57. The summed E-state index contributed by atoms with van der Waals surface area (Å²) in [6.07, 6.45) is 2.28. The SMILES string of the molecule is C[CH2][Al+][CH2]C.[CH2-]CCC.[Cl-].[Li+]. The van der Waals surface area contributed by atoms with Crippen molar-refractivity contribution in [2.75, 3.05) is 0 Å². The van der Waals surface area contributed by atoms with Crippen LogP contribution in [0.2, 0.25) is 10.6 Å². The fourth-order valence-corrected chi connectivity index (χ4v) is 0.866. The Balaban J connectivity index is -0.0000000383. The third-order valence-electron chi connectivity index (χ3n) is 0.931. The zero-order valence-electron chi connectivity index (χ0n) is 8.49. The first kappa shape index (κ1) is 22.8. The summed E-state index contributed by atoms with van der Waals surface area (Å²) in [7, 11) is 0. The minimum absolute atomic E-state index is 0. The van der Waals surface area contributed by atoms with Crippen LogP contribution in [-0.4, -0.2) is 15.2 Å². The molecule has 0 aliphatic rings. The molecule has 0 fully saturated rings. The van der Waals surface area contributed by atoms with Gasteiger partial charge >= 0.3 is 58.5 Å². The van der Waals surface area contributed by atoms with Crippen molar-refractivity contribution in [2.45, 2.75) is 44.2 Å². The van der Waals surface area contributed by atoms with E-state index in [9.17, 15) is 0 Å². The van der Waals surface area contributed by atoms with Crippen molar-refractivity contribution in [3.63, 3.8) is 0 Å². The molecule has 0 spiro atoms. The Kier molecular flexibility index (Phi) is 62.5. The molecule has 62 valence electrons. The van der Waals surface area contributed by atoms with Crippen molar-refractivity contribution in [2.24, 2.45) is 0 Å². The maximum atomic E-state index is 3.60. The van der Waals surface area contributed by atoms with E-state index in [-0.39, 0.29) is 31.3 Å². The summed E-state index contributed by atoms with van der Waals surface area (Å²) in [4.78, 5) is 0. The third kappa shape index (κ3) is 51.9. The van der Waals surface area contributed by atoms with Crippen molar-refractivity contribution in [3.8, 4) is 0 Å². The van der Waals surface area contributed by atoms with Gasteiger partial charge in [-0.05, 0) is 0 Å². The van der Waals surface area contributed by atoms with Crippen molar-refractivity contribution in [3.05, 3.63) is 6.92 Å². The maximum absolute atomic E-state index is 3.60. The zero-order chi connectivity index (χ0) is 7.54. The van der Waals surface area contributed by atoms with Crippen LogP contribution < -0.4 is 31.3 Å². The van der Waals surface area contributed by atoms with Gasteiger partial charge in [0.15, 0.2) is 0 Å². The number of rotatable bonds is 3. The predicted molar refractivity (Wildman–Crippen MR) is 47.0 cm³/mol. The van der Waals surface area contributed by atoms with Crippen LogP contribution in [0, 0.1) is 6.92 Å². The molecule has 0 aromatic heterocycles. The van der Waals surface area contributed by atoms with Crippen molar-refractivity contribution < 1.29 is 31.3 Å². The van der Waals surface area contributed by atoms with Crippen molar-refractivity contribution in [1.82, 2.24) is 0 Å². The fraction of sp³-hybridized carbons (Fsp3) is 0.875. The molecule has 0 rings (SSSR count). The van der Waals surface area contributed by atoms with E-state index in [0.29, 0.717) is 0 Å². The molecule has 0 aliphatic heterocycles. The molecule has 0 aromatic rings. The van der Waals surface area contributed by atoms with E-state index in [1.807, 2.05) is 0 Å². The number of hydrogen-bond acceptors (Lipinski definition) is 0.